The third-order valence-electron chi connectivity index (χ3n) is 4.20. The maximum Gasteiger partial charge on any atom is 0.0610 e. The lowest BCUT2D eigenvalue weighted by atomic mass is 9.96. The molecule has 0 aromatic heterocycles. The van der Waals surface area contributed by atoms with Crippen LogP contribution < -0.4 is 5.32 Å². The number of benzene rings is 1. The molecule has 1 aliphatic carbocycles. The maximum atomic E-state index is 9.59. The maximum absolute atomic E-state index is 9.59. The van der Waals surface area contributed by atoms with Crippen LogP contribution in [0.1, 0.15) is 51.2 Å². The van der Waals surface area contributed by atoms with E-state index in [1.165, 1.54) is 24.2 Å². The van der Waals surface area contributed by atoms with Crippen LogP contribution in [-0.2, 0) is 12.8 Å². The first-order chi connectivity index (χ1) is 10.0. The average molecular weight is 308 g/mol. The van der Waals surface area contributed by atoms with Gasteiger partial charge in [-0.25, -0.2) is 0 Å². The van der Waals surface area contributed by atoms with Crippen molar-refractivity contribution < 1.29 is 5.11 Å². The van der Waals surface area contributed by atoms with E-state index in [2.05, 4.69) is 44.3 Å². The van der Waals surface area contributed by atoms with Crippen LogP contribution in [0.15, 0.2) is 23.1 Å². The Kier molecular flexibility index (Phi) is 6.15. The summed E-state index contributed by atoms with van der Waals surface area (Å²) < 4.78 is 0. The van der Waals surface area contributed by atoms with Crippen LogP contribution >= 0.6 is 11.8 Å². The Labute approximate surface area is 133 Å². The van der Waals surface area contributed by atoms with E-state index in [1.807, 2.05) is 11.8 Å². The van der Waals surface area contributed by atoms with Crippen LogP contribution in [0.4, 0.5) is 0 Å². The molecule has 21 heavy (non-hydrogen) atoms. The molecule has 118 valence electrons. The van der Waals surface area contributed by atoms with E-state index in [-0.39, 0.29) is 12.1 Å². The molecule has 0 aliphatic heterocycles. The number of aliphatic hydroxyl groups excluding tert-OH is 1. The fraction of sp³-hybridized carbons (Fsp3) is 0.667. The third kappa shape index (κ3) is 5.01. The van der Waals surface area contributed by atoms with Crippen molar-refractivity contribution in [2.75, 3.05) is 12.4 Å². The minimum absolute atomic E-state index is 0.146. The van der Waals surface area contributed by atoms with Crippen LogP contribution in [0.25, 0.3) is 0 Å². The highest BCUT2D eigenvalue weighted by Gasteiger charge is 2.23. The quantitative estimate of drug-likeness (QED) is 0.566. The molecular weight excluding hydrogens is 278 g/mol. The second kappa shape index (κ2) is 7.66. The zero-order valence-corrected chi connectivity index (χ0v) is 14.4. The molecule has 0 saturated heterocycles. The van der Waals surface area contributed by atoms with Gasteiger partial charge in [-0.1, -0.05) is 19.9 Å². The predicted octanol–water partition coefficient (Wildman–Crippen LogP) is 3.80. The highest BCUT2D eigenvalue weighted by atomic mass is 32.2. The predicted molar refractivity (Wildman–Crippen MR) is 92.2 cm³/mol. The zero-order chi connectivity index (χ0) is 15.3. The molecule has 2 N–H and O–H groups in total. The van der Waals surface area contributed by atoms with Crippen LogP contribution in [0.3, 0.4) is 0 Å². The monoisotopic (exact) mass is 307 g/mol. The zero-order valence-electron chi connectivity index (χ0n) is 13.6. The highest BCUT2D eigenvalue weighted by Crippen LogP contribution is 2.28. The Morgan fingerprint density at radius 1 is 1.29 bits per heavy atom. The van der Waals surface area contributed by atoms with Gasteiger partial charge in [0, 0.05) is 16.5 Å². The molecule has 1 aliphatic rings. The molecule has 0 fully saturated rings. The van der Waals surface area contributed by atoms with E-state index in [4.69, 9.17) is 0 Å². The van der Waals surface area contributed by atoms with Crippen LogP contribution in [-0.4, -0.2) is 29.0 Å². The van der Waals surface area contributed by atoms with Crippen molar-refractivity contribution in [1.82, 2.24) is 5.32 Å². The van der Waals surface area contributed by atoms with Gasteiger partial charge in [0.2, 0.25) is 0 Å². The first-order valence-corrected chi connectivity index (χ1v) is 9.14. The topological polar surface area (TPSA) is 32.3 Å². The number of nitrogens with one attached hydrogen (secondary N) is 1. The summed E-state index contributed by atoms with van der Waals surface area (Å²) in [6, 6.07) is 7.37. The fourth-order valence-corrected chi connectivity index (χ4v) is 4.10. The number of thioether (sulfide) groups is 1. The van der Waals surface area contributed by atoms with E-state index in [0.717, 1.165) is 18.6 Å². The molecular formula is C18H29NOS. The van der Waals surface area contributed by atoms with Crippen LogP contribution in [0, 0.1) is 0 Å². The Morgan fingerprint density at radius 2 is 2.05 bits per heavy atom. The summed E-state index contributed by atoms with van der Waals surface area (Å²) >= 11 is 1.95. The SMILES string of the molecule is CC(C)NC(C)(CO)CCCSc1ccc2c(c1)CCC2. The van der Waals surface area contributed by atoms with Crippen LogP contribution in [0.5, 0.6) is 0 Å². The lowest BCUT2D eigenvalue weighted by Gasteiger charge is -2.31. The van der Waals surface area contributed by atoms with Crippen molar-refractivity contribution >= 4 is 11.8 Å². The smallest absolute Gasteiger partial charge is 0.0610 e. The number of rotatable bonds is 8. The Hall–Kier alpha value is -0.510. The van der Waals surface area contributed by atoms with E-state index in [0.29, 0.717) is 6.04 Å². The van der Waals surface area contributed by atoms with Gasteiger partial charge in [0.25, 0.3) is 0 Å². The van der Waals surface area contributed by atoms with Gasteiger partial charge >= 0.3 is 0 Å². The molecule has 0 heterocycles. The van der Waals surface area contributed by atoms with Gasteiger partial charge < -0.3 is 10.4 Å². The molecule has 2 nitrogen and oxygen atoms in total. The van der Waals surface area contributed by atoms with Crippen molar-refractivity contribution in [3.8, 4) is 0 Å². The van der Waals surface area contributed by atoms with Crippen molar-refractivity contribution in [3.05, 3.63) is 29.3 Å². The van der Waals surface area contributed by atoms with Crippen molar-refractivity contribution in [1.29, 1.82) is 0 Å². The molecule has 0 spiro atoms. The molecule has 0 saturated carbocycles. The number of hydrogen-bond acceptors (Lipinski definition) is 3. The molecule has 0 radical (unpaired) electrons. The molecule has 2 rings (SSSR count). The summed E-state index contributed by atoms with van der Waals surface area (Å²) in [6.07, 6.45) is 5.97. The van der Waals surface area contributed by atoms with E-state index in [1.54, 1.807) is 11.1 Å². The van der Waals surface area contributed by atoms with Gasteiger partial charge in [0.05, 0.1) is 6.61 Å². The Balaban J connectivity index is 1.76. The molecule has 1 aromatic rings. The summed E-state index contributed by atoms with van der Waals surface area (Å²) in [5.74, 6) is 1.12. The van der Waals surface area contributed by atoms with E-state index in [9.17, 15) is 5.11 Å². The van der Waals surface area contributed by atoms with Gasteiger partial charge in [-0.2, -0.15) is 0 Å². The summed E-state index contributed by atoms with van der Waals surface area (Å²) in [7, 11) is 0. The Morgan fingerprint density at radius 3 is 2.76 bits per heavy atom. The average Bonchev–Trinajstić information content (AvgIpc) is 2.90. The van der Waals surface area contributed by atoms with E-state index >= 15 is 0 Å². The molecule has 1 atom stereocenters. The molecule has 3 heteroatoms. The van der Waals surface area contributed by atoms with Gasteiger partial charge in [-0.05, 0) is 68.0 Å². The van der Waals surface area contributed by atoms with Crippen molar-refractivity contribution in [2.45, 2.75) is 69.4 Å². The normalized spacial score (nSPS) is 17.0. The summed E-state index contributed by atoms with van der Waals surface area (Å²) in [4.78, 5) is 1.40. The van der Waals surface area contributed by atoms with Gasteiger partial charge in [0.1, 0.15) is 0 Å². The van der Waals surface area contributed by atoms with E-state index < -0.39 is 0 Å². The second-order valence-electron chi connectivity index (χ2n) is 6.75. The highest BCUT2D eigenvalue weighted by molar-refractivity contribution is 7.99. The first-order valence-electron chi connectivity index (χ1n) is 8.15. The first kappa shape index (κ1) is 16.9. The minimum atomic E-state index is -0.146. The molecule has 1 aromatic carbocycles. The van der Waals surface area contributed by atoms with Gasteiger partial charge in [0.15, 0.2) is 0 Å². The number of hydrogen-bond donors (Lipinski definition) is 2. The lowest BCUT2D eigenvalue weighted by Crippen LogP contribution is -2.49. The summed E-state index contributed by atoms with van der Waals surface area (Å²) in [5.41, 5.74) is 2.96. The molecule has 0 bridgehead atoms. The number of fused-ring (bicyclic) bond motifs is 1. The van der Waals surface area contributed by atoms with Crippen molar-refractivity contribution in [2.24, 2.45) is 0 Å². The van der Waals surface area contributed by atoms with Gasteiger partial charge in [-0.15, -0.1) is 11.8 Å². The largest absolute Gasteiger partial charge is 0.394 e. The summed E-state index contributed by atoms with van der Waals surface area (Å²) in [5, 5.41) is 13.1. The molecule has 1 unspecified atom stereocenters. The lowest BCUT2D eigenvalue weighted by molar-refractivity contribution is 0.156. The second-order valence-corrected chi connectivity index (χ2v) is 7.92. The number of aliphatic hydroxyl groups is 1. The number of aryl methyl sites for hydroxylation is 2. The molecule has 0 amide bonds. The minimum Gasteiger partial charge on any atom is -0.394 e. The third-order valence-corrected chi connectivity index (χ3v) is 5.28. The van der Waals surface area contributed by atoms with Crippen molar-refractivity contribution in [3.63, 3.8) is 0 Å². The fourth-order valence-electron chi connectivity index (χ4n) is 3.18. The van der Waals surface area contributed by atoms with Crippen LogP contribution in [0.2, 0.25) is 0 Å². The standard InChI is InChI=1S/C18H29NOS/c1-14(2)19-18(3,13-20)10-5-11-21-17-9-8-15-6-4-7-16(15)12-17/h8-9,12,14,19-20H,4-7,10-11,13H2,1-3H3. The summed E-state index contributed by atoms with van der Waals surface area (Å²) in [6.45, 7) is 6.59. The Bertz CT molecular complexity index is 461. The van der Waals surface area contributed by atoms with Gasteiger partial charge in [-0.3, -0.25) is 0 Å².